The Balaban J connectivity index is 1.57. The van der Waals surface area contributed by atoms with Crippen LogP contribution in [-0.4, -0.2) is 38.9 Å². The number of sulfonamides is 1. The highest BCUT2D eigenvalue weighted by molar-refractivity contribution is 7.89. The first-order chi connectivity index (χ1) is 13.0. The van der Waals surface area contributed by atoms with Crippen molar-refractivity contribution in [1.29, 1.82) is 0 Å². The summed E-state index contributed by atoms with van der Waals surface area (Å²) in [7, 11) is -2.22. The Kier molecular flexibility index (Phi) is 6.29. The first-order valence-electron chi connectivity index (χ1n) is 9.23. The number of ether oxygens (including phenoxy) is 1. The predicted molar refractivity (Wildman–Crippen MR) is 104 cm³/mol. The van der Waals surface area contributed by atoms with Crippen molar-refractivity contribution < 1.29 is 17.9 Å². The molecule has 3 rings (SSSR count). The fraction of sp³-hybridized carbons (Fsp3) is 0.381. The van der Waals surface area contributed by atoms with Crippen LogP contribution in [0.3, 0.4) is 0 Å². The molecule has 0 amide bonds. The summed E-state index contributed by atoms with van der Waals surface area (Å²) in [5.41, 5.74) is 1.68. The smallest absolute Gasteiger partial charge is 0.337 e. The van der Waals surface area contributed by atoms with Gasteiger partial charge in [-0.2, -0.15) is 4.31 Å². The van der Waals surface area contributed by atoms with Gasteiger partial charge in [0.1, 0.15) is 0 Å². The molecule has 5 nitrogen and oxygen atoms in total. The van der Waals surface area contributed by atoms with Gasteiger partial charge in [-0.05, 0) is 61.4 Å². The number of carbonyl (C=O) groups excluding carboxylic acids is 1. The molecule has 0 radical (unpaired) electrons. The lowest BCUT2D eigenvalue weighted by molar-refractivity contribution is 0.0600. The number of methoxy groups -OCH3 is 1. The van der Waals surface area contributed by atoms with Gasteiger partial charge in [-0.1, -0.05) is 30.3 Å². The average Bonchev–Trinajstić information content (AvgIpc) is 2.73. The number of benzene rings is 2. The topological polar surface area (TPSA) is 63.7 Å². The maximum absolute atomic E-state index is 12.8. The van der Waals surface area contributed by atoms with Gasteiger partial charge >= 0.3 is 5.97 Å². The van der Waals surface area contributed by atoms with Gasteiger partial charge in [0.15, 0.2) is 0 Å². The summed E-state index contributed by atoms with van der Waals surface area (Å²) in [6.45, 7) is 1.08. The van der Waals surface area contributed by atoms with Crippen LogP contribution in [0.4, 0.5) is 0 Å². The maximum atomic E-state index is 12.8. The van der Waals surface area contributed by atoms with Crippen molar-refractivity contribution in [2.75, 3.05) is 20.2 Å². The Morgan fingerprint density at radius 3 is 2.26 bits per heavy atom. The quantitative estimate of drug-likeness (QED) is 0.712. The summed E-state index contributed by atoms with van der Waals surface area (Å²) < 4.78 is 31.9. The summed E-state index contributed by atoms with van der Waals surface area (Å²) in [5.74, 6) is 0.0801. The predicted octanol–water partition coefficient (Wildman–Crippen LogP) is 3.51. The van der Waals surface area contributed by atoms with E-state index in [2.05, 4.69) is 29.0 Å². The van der Waals surface area contributed by atoms with Crippen molar-refractivity contribution in [3.63, 3.8) is 0 Å². The van der Waals surface area contributed by atoms with Crippen LogP contribution >= 0.6 is 0 Å². The van der Waals surface area contributed by atoms with Crippen LogP contribution in [0.1, 0.15) is 35.2 Å². The van der Waals surface area contributed by atoms with E-state index in [-0.39, 0.29) is 4.90 Å². The van der Waals surface area contributed by atoms with Gasteiger partial charge < -0.3 is 4.74 Å². The van der Waals surface area contributed by atoms with Crippen LogP contribution in [0.2, 0.25) is 0 Å². The minimum Gasteiger partial charge on any atom is -0.465 e. The fourth-order valence-corrected chi connectivity index (χ4v) is 4.95. The molecule has 0 aliphatic carbocycles. The number of piperidine rings is 1. The number of esters is 1. The van der Waals surface area contributed by atoms with Crippen molar-refractivity contribution in [2.45, 2.75) is 30.6 Å². The van der Waals surface area contributed by atoms with Crippen LogP contribution in [0, 0.1) is 5.92 Å². The molecule has 1 aliphatic rings. The zero-order chi connectivity index (χ0) is 19.3. The zero-order valence-electron chi connectivity index (χ0n) is 15.5. The number of hydrogen-bond donors (Lipinski definition) is 0. The zero-order valence-corrected chi connectivity index (χ0v) is 16.3. The second kappa shape index (κ2) is 8.67. The van der Waals surface area contributed by atoms with Gasteiger partial charge in [0.2, 0.25) is 10.0 Å². The van der Waals surface area contributed by atoms with Crippen molar-refractivity contribution in [3.8, 4) is 0 Å². The first-order valence-corrected chi connectivity index (χ1v) is 10.7. The Labute approximate surface area is 161 Å². The number of nitrogens with zero attached hydrogens (tertiary/aromatic N) is 1. The van der Waals surface area contributed by atoms with Gasteiger partial charge in [-0.25, -0.2) is 13.2 Å². The molecule has 0 spiro atoms. The maximum Gasteiger partial charge on any atom is 0.337 e. The van der Waals surface area contributed by atoms with E-state index in [0.717, 1.165) is 25.7 Å². The summed E-state index contributed by atoms with van der Waals surface area (Å²) in [5, 5.41) is 0. The lowest BCUT2D eigenvalue weighted by atomic mass is 9.91. The molecule has 27 heavy (non-hydrogen) atoms. The minimum absolute atomic E-state index is 0.220. The normalized spacial score (nSPS) is 16.2. The van der Waals surface area contributed by atoms with Crippen LogP contribution < -0.4 is 0 Å². The largest absolute Gasteiger partial charge is 0.465 e. The molecule has 1 aliphatic heterocycles. The lowest BCUT2D eigenvalue weighted by Crippen LogP contribution is -2.38. The Morgan fingerprint density at radius 2 is 1.67 bits per heavy atom. The molecule has 0 aromatic heterocycles. The fourth-order valence-electron chi connectivity index (χ4n) is 3.48. The van der Waals surface area contributed by atoms with E-state index in [1.165, 1.54) is 36.9 Å². The van der Waals surface area contributed by atoms with Crippen molar-refractivity contribution in [3.05, 3.63) is 65.7 Å². The van der Waals surface area contributed by atoms with Crippen molar-refractivity contribution in [2.24, 2.45) is 5.92 Å². The van der Waals surface area contributed by atoms with E-state index < -0.39 is 16.0 Å². The van der Waals surface area contributed by atoms with E-state index in [1.807, 2.05) is 6.07 Å². The molecule has 6 heteroatoms. The Bertz CT molecular complexity index is 855. The number of carbonyl (C=O) groups is 1. The second-order valence-corrected chi connectivity index (χ2v) is 8.83. The third-order valence-corrected chi connectivity index (χ3v) is 7.08. The highest BCUT2D eigenvalue weighted by Crippen LogP contribution is 2.27. The molecular formula is C21H25NO4S. The van der Waals surface area contributed by atoms with Gasteiger partial charge in [0.25, 0.3) is 0 Å². The molecule has 0 saturated carbocycles. The van der Waals surface area contributed by atoms with E-state index in [9.17, 15) is 13.2 Å². The average molecular weight is 388 g/mol. The summed E-state index contributed by atoms with van der Waals surface area (Å²) in [4.78, 5) is 11.7. The third-order valence-electron chi connectivity index (χ3n) is 5.17. The van der Waals surface area contributed by atoms with E-state index in [4.69, 9.17) is 0 Å². The Morgan fingerprint density at radius 1 is 1.04 bits per heavy atom. The molecule has 0 atom stereocenters. The van der Waals surface area contributed by atoms with Crippen molar-refractivity contribution >= 4 is 16.0 Å². The van der Waals surface area contributed by atoms with Crippen LogP contribution in [0.25, 0.3) is 0 Å². The number of aryl methyl sites for hydroxylation is 1. The minimum atomic E-state index is -3.52. The van der Waals surface area contributed by atoms with Crippen LogP contribution in [0.5, 0.6) is 0 Å². The molecule has 0 unspecified atom stereocenters. The lowest BCUT2D eigenvalue weighted by Gasteiger charge is -2.31. The molecule has 0 bridgehead atoms. The highest BCUT2D eigenvalue weighted by atomic mass is 32.2. The van der Waals surface area contributed by atoms with Gasteiger partial charge in [0, 0.05) is 13.1 Å². The summed E-state index contributed by atoms with van der Waals surface area (Å²) in [6.07, 6.45) is 3.89. The monoisotopic (exact) mass is 387 g/mol. The second-order valence-electron chi connectivity index (χ2n) is 6.89. The number of rotatable bonds is 6. The molecule has 1 saturated heterocycles. The van der Waals surface area contributed by atoms with Crippen molar-refractivity contribution in [1.82, 2.24) is 4.31 Å². The number of hydrogen-bond acceptors (Lipinski definition) is 4. The highest BCUT2D eigenvalue weighted by Gasteiger charge is 2.29. The molecule has 144 valence electrons. The molecule has 1 heterocycles. The van der Waals surface area contributed by atoms with Gasteiger partial charge in [-0.3, -0.25) is 0 Å². The van der Waals surface area contributed by atoms with Crippen LogP contribution in [-0.2, 0) is 21.2 Å². The first kappa shape index (κ1) is 19.6. The SMILES string of the molecule is COC(=O)c1ccc(S(=O)(=O)N2CCC(CCc3ccccc3)CC2)cc1. The molecule has 0 N–H and O–H groups in total. The van der Waals surface area contributed by atoms with Crippen LogP contribution in [0.15, 0.2) is 59.5 Å². The summed E-state index contributed by atoms with van der Waals surface area (Å²) >= 11 is 0. The molecule has 2 aromatic carbocycles. The van der Waals surface area contributed by atoms with E-state index in [0.29, 0.717) is 24.6 Å². The summed E-state index contributed by atoms with van der Waals surface area (Å²) in [6, 6.07) is 16.3. The molecule has 2 aromatic rings. The Hall–Kier alpha value is -2.18. The van der Waals surface area contributed by atoms with E-state index in [1.54, 1.807) is 4.31 Å². The van der Waals surface area contributed by atoms with Gasteiger partial charge in [0.05, 0.1) is 17.6 Å². The third kappa shape index (κ3) is 4.76. The molecule has 1 fully saturated rings. The molecular weight excluding hydrogens is 362 g/mol. The van der Waals surface area contributed by atoms with Gasteiger partial charge in [-0.15, -0.1) is 0 Å². The van der Waals surface area contributed by atoms with E-state index >= 15 is 0 Å². The standard InChI is InChI=1S/C21H25NO4S/c1-26-21(23)19-9-11-20(12-10-19)27(24,25)22-15-13-18(14-16-22)8-7-17-5-3-2-4-6-17/h2-6,9-12,18H,7-8,13-16H2,1H3.